The van der Waals surface area contributed by atoms with Gasteiger partial charge in [-0.15, -0.1) is 0 Å². The fourth-order valence-electron chi connectivity index (χ4n) is 0.641. The van der Waals surface area contributed by atoms with Gasteiger partial charge < -0.3 is 10.5 Å². The van der Waals surface area contributed by atoms with E-state index in [4.69, 9.17) is 10.5 Å². The second-order valence-electron chi connectivity index (χ2n) is 2.73. The van der Waals surface area contributed by atoms with E-state index < -0.39 is 12.0 Å². The maximum atomic E-state index is 11.0. The smallest absolute Gasteiger partial charge is 0.338 e. The van der Waals surface area contributed by atoms with Crippen LogP contribution in [0, 0.1) is 0 Å². The van der Waals surface area contributed by atoms with Crippen LogP contribution in [0.5, 0.6) is 0 Å². The van der Waals surface area contributed by atoms with Crippen LogP contribution in [0.1, 0.15) is 20.3 Å². The maximum Gasteiger partial charge on any atom is 0.338 e. The molecule has 78 valence electrons. The van der Waals surface area contributed by atoms with Crippen molar-refractivity contribution in [1.82, 2.24) is 0 Å². The van der Waals surface area contributed by atoms with Gasteiger partial charge in [0, 0.05) is 5.57 Å². The molecule has 0 fully saturated rings. The third kappa shape index (κ3) is 5.08. The van der Waals surface area contributed by atoms with Crippen LogP contribution in [0.2, 0.25) is 0 Å². The van der Waals surface area contributed by atoms with Crippen molar-refractivity contribution in [3.05, 3.63) is 12.2 Å². The highest BCUT2D eigenvalue weighted by molar-refractivity contribution is 5.97. The zero-order valence-electron chi connectivity index (χ0n) is 8.37. The molecule has 0 aliphatic heterocycles. The van der Waals surface area contributed by atoms with Crippen molar-refractivity contribution in [2.45, 2.75) is 20.3 Å². The summed E-state index contributed by atoms with van der Waals surface area (Å²) >= 11 is 0. The van der Waals surface area contributed by atoms with E-state index in [1.807, 2.05) is 0 Å². The quantitative estimate of drug-likeness (QED) is 0.416. The maximum absolute atomic E-state index is 11.0. The van der Waals surface area contributed by atoms with E-state index in [9.17, 15) is 9.59 Å². The van der Waals surface area contributed by atoms with Crippen molar-refractivity contribution in [1.29, 1.82) is 0 Å². The molecular formula is C9H14N2O3. The van der Waals surface area contributed by atoms with Crippen LogP contribution in [0.3, 0.4) is 0 Å². The fraction of sp³-hybridized carbons (Fsp3) is 0.444. The molecule has 2 amide bonds. The van der Waals surface area contributed by atoms with Crippen LogP contribution in [0.15, 0.2) is 17.1 Å². The highest BCUT2D eigenvalue weighted by atomic mass is 16.5. The first-order valence-corrected chi connectivity index (χ1v) is 4.15. The summed E-state index contributed by atoms with van der Waals surface area (Å²) in [6.07, 6.45) is 0.506. The lowest BCUT2D eigenvalue weighted by Crippen LogP contribution is -2.17. The van der Waals surface area contributed by atoms with Gasteiger partial charge in [-0.25, -0.2) is 9.59 Å². The van der Waals surface area contributed by atoms with Gasteiger partial charge in [0.2, 0.25) is 0 Å². The molecule has 0 rings (SSSR count). The number of urea groups is 1. The van der Waals surface area contributed by atoms with Gasteiger partial charge in [-0.1, -0.05) is 13.5 Å². The minimum Gasteiger partial charge on any atom is -0.456 e. The number of primary amides is 1. The molecule has 0 saturated carbocycles. The number of nitrogens with zero attached hydrogens (tertiary/aromatic N) is 1. The molecule has 0 atom stereocenters. The Morgan fingerprint density at radius 3 is 2.43 bits per heavy atom. The monoisotopic (exact) mass is 198 g/mol. The second-order valence-corrected chi connectivity index (χ2v) is 2.73. The van der Waals surface area contributed by atoms with Gasteiger partial charge >= 0.3 is 12.0 Å². The molecule has 0 unspecified atom stereocenters. The minimum atomic E-state index is -0.784. The lowest BCUT2D eigenvalue weighted by molar-refractivity contribution is -0.137. The molecule has 0 aromatic rings. The van der Waals surface area contributed by atoms with E-state index in [2.05, 4.69) is 11.6 Å². The van der Waals surface area contributed by atoms with Crippen LogP contribution in [-0.4, -0.2) is 24.3 Å². The van der Waals surface area contributed by atoms with Crippen molar-refractivity contribution >= 4 is 17.7 Å². The van der Waals surface area contributed by atoms with Crippen molar-refractivity contribution in [2.24, 2.45) is 10.7 Å². The SMILES string of the molecule is C=C(C)C(=O)OCC(CC)=NC(N)=O. The lowest BCUT2D eigenvalue weighted by Gasteiger charge is -2.04. The van der Waals surface area contributed by atoms with Crippen LogP contribution in [-0.2, 0) is 9.53 Å². The molecule has 5 heteroatoms. The molecule has 0 saturated heterocycles. The number of hydrogen-bond donors (Lipinski definition) is 1. The second kappa shape index (κ2) is 5.90. The van der Waals surface area contributed by atoms with Crippen LogP contribution in [0.25, 0.3) is 0 Å². The number of esters is 1. The predicted octanol–water partition coefficient (Wildman–Crippen LogP) is 1.04. The average molecular weight is 198 g/mol. The number of amides is 2. The van der Waals surface area contributed by atoms with E-state index in [1.54, 1.807) is 13.8 Å². The van der Waals surface area contributed by atoms with Gasteiger partial charge in [0.05, 0.1) is 5.71 Å². The summed E-state index contributed by atoms with van der Waals surface area (Å²) in [5.74, 6) is -0.504. The third-order valence-electron chi connectivity index (χ3n) is 1.39. The molecule has 0 aliphatic rings. The standard InChI is InChI=1S/C9H14N2O3/c1-4-7(11-9(10)13)5-14-8(12)6(2)3/h2,4-5H2,1,3H3,(H2,10,13). The Labute approximate surface area is 82.6 Å². The van der Waals surface area contributed by atoms with Crippen LogP contribution >= 0.6 is 0 Å². The summed E-state index contributed by atoms with van der Waals surface area (Å²) in [6.45, 7) is 6.72. The van der Waals surface area contributed by atoms with Crippen LogP contribution in [0.4, 0.5) is 4.79 Å². The largest absolute Gasteiger partial charge is 0.456 e. The van der Waals surface area contributed by atoms with E-state index in [1.165, 1.54) is 0 Å². The summed E-state index contributed by atoms with van der Waals surface area (Å²) < 4.78 is 4.78. The van der Waals surface area contributed by atoms with Gasteiger partial charge in [0.15, 0.2) is 0 Å². The van der Waals surface area contributed by atoms with Crippen molar-refractivity contribution < 1.29 is 14.3 Å². The summed E-state index contributed by atoms with van der Waals surface area (Å²) in [5, 5.41) is 0. The van der Waals surface area contributed by atoms with Gasteiger partial charge in [0.25, 0.3) is 0 Å². The summed E-state index contributed by atoms with van der Waals surface area (Å²) in [6, 6.07) is -0.784. The number of carbonyl (C=O) groups is 2. The predicted molar refractivity (Wildman–Crippen MR) is 53.1 cm³/mol. The molecular weight excluding hydrogens is 184 g/mol. The Kier molecular flexibility index (Phi) is 5.21. The van der Waals surface area contributed by atoms with E-state index in [0.717, 1.165) is 0 Å². The number of hydrogen-bond acceptors (Lipinski definition) is 3. The topological polar surface area (TPSA) is 81.8 Å². The molecule has 5 nitrogen and oxygen atoms in total. The first kappa shape index (κ1) is 12.3. The Morgan fingerprint density at radius 2 is 2.07 bits per heavy atom. The Bertz CT molecular complexity index is 282. The highest BCUT2D eigenvalue weighted by Gasteiger charge is 2.05. The molecule has 0 aromatic carbocycles. The zero-order chi connectivity index (χ0) is 11.1. The molecule has 2 N–H and O–H groups in total. The van der Waals surface area contributed by atoms with E-state index in [-0.39, 0.29) is 6.61 Å². The first-order chi connectivity index (χ1) is 6.47. The van der Waals surface area contributed by atoms with E-state index >= 15 is 0 Å². The van der Waals surface area contributed by atoms with Gasteiger partial charge in [-0.05, 0) is 13.3 Å². The highest BCUT2D eigenvalue weighted by Crippen LogP contribution is 1.95. The third-order valence-corrected chi connectivity index (χ3v) is 1.39. The van der Waals surface area contributed by atoms with Gasteiger partial charge in [-0.2, -0.15) is 4.99 Å². The number of ether oxygens (including phenoxy) is 1. The average Bonchev–Trinajstić information content (AvgIpc) is 2.10. The fourth-order valence-corrected chi connectivity index (χ4v) is 0.641. The molecule has 0 aromatic heterocycles. The van der Waals surface area contributed by atoms with Gasteiger partial charge in [0.1, 0.15) is 6.61 Å². The van der Waals surface area contributed by atoms with Gasteiger partial charge in [-0.3, -0.25) is 0 Å². The minimum absolute atomic E-state index is 0.0227. The Balaban J connectivity index is 4.16. The number of aliphatic imine (C=N–C) groups is 1. The van der Waals surface area contributed by atoms with Crippen molar-refractivity contribution in [3.8, 4) is 0 Å². The molecule has 0 aliphatic carbocycles. The molecule has 14 heavy (non-hydrogen) atoms. The first-order valence-electron chi connectivity index (χ1n) is 4.15. The lowest BCUT2D eigenvalue weighted by atomic mass is 10.3. The summed E-state index contributed by atoms with van der Waals surface area (Å²) in [7, 11) is 0. The van der Waals surface area contributed by atoms with Crippen molar-refractivity contribution in [2.75, 3.05) is 6.61 Å². The van der Waals surface area contributed by atoms with E-state index in [0.29, 0.717) is 17.7 Å². The Hall–Kier alpha value is -1.65. The van der Waals surface area contributed by atoms with Crippen LogP contribution < -0.4 is 5.73 Å². The van der Waals surface area contributed by atoms with Crippen molar-refractivity contribution in [3.63, 3.8) is 0 Å². The number of carbonyl (C=O) groups excluding carboxylic acids is 2. The number of rotatable bonds is 4. The molecule has 0 spiro atoms. The Morgan fingerprint density at radius 1 is 1.50 bits per heavy atom. The normalized spacial score (nSPS) is 10.9. The number of nitrogens with two attached hydrogens (primary N) is 1. The summed E-state index contributed by atoms with van der Waals surface area (Å²) in [5.41, 5.74) is 5.59. The molecule has 0 bridgehead atoms. The molecule has 0 heterocycles. The molecule has 0 radical (unpaired) electrons. The summed E-state index contributed by atoms with van der Waals surface area (Å²) in [4.78, 5) is 24.9. The zero-order valence-corrected chi connectivity index (χ0v) is 8.37.